The Labute approximate surface area is 204 Å². The second-order valence-corrected chi connectivity index (χ2v) is 10.5. The van der Waals surface area contributed by atoms with Crippen LogP contribution in [-0.4, -0.2) is 56.6 Å². The molecule has 8 heteroatoms. The van der Waals surface area contributed by atoms with Crippen LogP contribution in [0, 0.1) is 0 Å². The molecule has 0 radical (unpaired) electrons. The molecule has 0 aliphatic heterocycles. The number of nitrogens with zero attached hydrogens (tertiary/aromatic N) is 2. The standard InChI is InChI=1S/C26H37N3O4S/c1-6-20(3)27-26(31)21(4)28(18-17-22-13-9-8-10-14-22)25(30)19-29(34(5,32)33)24-16-12-11-15-23(24)7-2/h8-16,20-21H,6-7,17-19H2,1-5H3,(H,27,31)/t20-,21+/m1/s1. The predicted octanol–water partition coefficient (Wildman–Crippen LogP) is 3.39. The van der Waals surface area contributed by atoms with Crippen LogP contribution in [-0.2, 0) is 32.5 Å². The molecule has 2 amide bonds. The van der Waals surface area contributed by atoms with Crippen molar-refractivity contribution < 1.29 is 18.0 Å². The second-order valence-electron chi connectivity index (χ2n) is 8.57. The van der Waals surface area contributed by atoms with Gasteiger partial charge in [-0.25, -0.2) is 8.42 Å². The molecule has 2 atom stereocenters. The van der Waals surface area contributed by atoms with E-state index < -0.39 is 22.0 Å². The van der Waals surface area contributed by atoms with Crippen molar-refractivity contribution in [1.29, 1.82) is 0 Å². The summed E-state index contributed by atoms with van der Waals surface area (Å²) in [6.07, 6.45) is 3.05. The summed E-state index contributed by atoms with van der Waals surface area (Å²) in [4.78, 5) is 27.9. The van der Waals surface area contributed by atoms with Crippen LogP contribution in [0.2, 0.25) is 0 Å². The molecular formula is C26H37N3O4S. The number of para-hydroxylation sites is 1. The van der Waals surface area contributed by atoms with E-state index in [0.29, 0.717) is 25.1 Å². The SMILES string of the molecule is CCc1ccccc1N(CC(=O)N(CCc1ccccc1)[C@@H](C)C(=O)N[C@H](C)CC)S(C)(=O)=O. The van der Waals surface area contributed by atoms with Gasteiger partial charge in [0.25, 0.3) is 0 Å². The molecule has 0 aromatic heterocycles. The van der Waals surface area contributed by atoms with Crippen molar-refractivity contribution in [1.82, 2.24) is 10.2 Å². The summed E-state index contributed by atoms with van der Waals surface area (Å²) in [6.45, 7) is 7.44. The Hall–Kier alpha value is -2.87. The summed E-state index contributed by atoms with van der Waals surface area (Å²) in [5, 5.41) is 2.93. The highest BCUT2D eigenvalue weighted by molar-refractivity contribution is 7.92. The van der Waals surface area contributed by atoms with E-state index in [1.54, 1.807) is 19.1 Å². The highest BCUT2D eigenvalue weighted by atomic mass is 32.2. The molecule has 0 saturated carbocycles. The van der Waals surface area contributed by atoms with E-state index in [-0.39, 0.29) is 18.5 Å². The maximum Gasteiger partial charge on any atom is 0.244 e. The fourth-order valence-corrected chi connectivity index (χ4v) is 4.56. The number of aryl methyl sites for hydroxylation is 1. The van der Waals surface area contributed by atoms with E-state index >= 15 is 0 Å². The lowest BCUT2D eigenvalue weighted by Gasteiger charge is -2.32. The minimum absolute atomic E-state index is 0.0232. The van der Waals surface area contributed by atoms with Gasteiger partial charge in [-0.15, -0.1) is 0 Å². The third kappa shape index (κ3) is 7.58. The monoisotopic (exact) mass is 487 g/mol. The fourth-order valence-electron chi connectivity index (χ4n) is 3.68. The maximum atomic E-state index is 13.5. The van der Waals surface area contributed by atoms with Gasteiger partial charge < -0.3 is 10.2 Å². The van der Waals surface area contributed by atoms with E-state index in [0.717, 1.165) is 28.1 Å². The molecule has 34 heavy (non-hydrogen) atoms. The van der Waals surface area contributed by atoms with E-state index in [9.17, 15) is 18.0 Å². The van der Waals surface area contributed by atoms with Crippen LogP contribution in [0.5, 0.6) is 0 Å². The molecule has 0 aliphatic rings. The number of hydrogen-bond acceptors (Lipinski definition) is 4. The van der Waals surface area contributed by atoms with E-state index in [2.05, 4.69) is 5.32 Å². The summed E-state index contributed by atoms with van der Waals surface area (Å²) in [6, 6.07) is 16.1. The number of benzene rings is 2. The Morgan fingerprint density at radius 3 is 2.18 bits per heavy atom. The van der Waals surface area contributed by atoms with E-state index in [1.807, 2.05) is 63.2 Å². The predicted molar refractivity (Wildman–Crippen MR) is 137 cm³/mol. The van der Waals surface area contributed by atoms with Crippen molar-refractivity contribution in [3.8, 4) is 0 Å². The Bertz CT molecular complexity index is 1060. The lowest BCUT2D eigenvalue weighted by molar-refractivity contribution is -0.139. The van der Waals surface area contributed by atoms with Gasteiger partial charge in [-0.3, -0.25) is 13.9 Å². The zero-order valence-electron chi connectivity index (χ0n) is 20.8. The van der Waals surface area contributed by atoms with Gasteiger partial charge in [-0.05, 0) is 50.3 Å². The van der Waals surface area contributed by atoms with Gasteiger partial charge in [-0.2, -0.15) is 0 Å². The van der Waals surface area contributed by atoms with Crippen LogP contribution in [0.15, 0.2) is 54.6 Å². The zero-order valence-corrected chi connectivity index (χ0v) is 21.6. The molecule has 0 aliphatic carbocycles. The summed E-state index contributed by atoms with van der Waals surface area (Å²) in [5.41, 5.74) is 2.35. The molecule has 1 N–H and O–H groups in total. The van der Waals surface area contributed by atoms with Crippen LogP contribution >= 0.6 is 0 Å². The normalized spacial score (nSPS) is 13.1. The molecule has 7 nitrogen and oxygen atoms in total. The van der Waals surface area contributed by atoms with Gasteiger partial charge in [0.1, 0.15) is 12.6 Å². The number of anilines is 1. The minimum Gasteiger partial charge on any atom is -0.352 e. The maximum absolute atomic E-state index is 13.5. The highest BCUT2D eigenvalue weighted by Crippen LogP contribution is 2.24. The molecule has 2 rings (SSSR count). The van der Waals surface area contributed by atoms with E-state index in [4.69, 9.17) is 0 Å². The highest BCUT2D eigenvalue weighted by Gasteiger charge is 2.30. The molecule has 0 saturated heterocycles. The average molecular weight is 488 g/mol. The third-order valence-corrected chi connectivity index (χ3v) is 7.10. The Balaban J connectivity index is 2.34. The van der Waals surface area contributed by atoms with Crippen LogP contribution in [0.1, 0.15) is 45.2 Å². The average Bonchev–Trinajstić information content (AvgIpc) is 2.82. The molecule has 0 fully saturated rings. The van der Waals surface area contributed by atoms with Crippen LogP contribution in [0.3, 0.4) is 0 Å². The molecule has 2 aromatic rings. The fraction of sp³-hybridized carbons (Fsp3) is 0.462. The van der Waals surface area contributed by atoms with Crippen LogP contribution in [0.4, 0.5) is 5.69 Å². The Morgan fingerprint density at radius 2 is 1.59 bits per heavy atom. The first-order chi connectivity index (χ1) is 16.1. The number of carbonyl (C=O) groups excluding carboxylic acids is 2. The first kappa shape index (κ1) is 27.4. The number of sulfonamides is 1. The number of nitrogens with one attached hydrogen (secondary N) is 1. The van der Waals surface area contributed by atoms with Gasteiger partial charge in [0.2, 0.25) is 21.8 Å². The number of carbonyl (C=O) groups is 2. The summed E-state index contributed by atoms with van der Waals surface area (Å²) >= 11 is 0. The minimum atomic E-state index is -3.73. The molecule has 0 spiro atoms. The summed E-state index contributed by atoms with van der Waals surface area (Å²) in [5.74, 6) is -0.672. The van der Waals surface area contributed by atoms with Crippen molar-refractivity contribution in [3.63, 3.8) is 0 Å². The molecule has 186 valence electrons. The third-order valence-electron chi connectivity index (χ3n) is 5.97. The van der Waals surface area contributed by atoms with Crippen molar-refractivity contribution in [2.45, 2.75) is 59.0 Å². The van der Waals surface area contributed by atoms with Crippen molar-refractivity contribution in [3.05, 3.63) is 65.7 Å². The van der Waals surface area contributed by atoms with Gasteiger partial charge in [0.05, 0.1) is 11.9 Å². The lowest BCUT2D eigenvalue weighted by Crippen LogP contribution is -2.53. The smallest absolute Gasteiger partial charge is 0.244 e. The van der Waals surface area contributed by atoms with E-state index in [1.165, 1.54) is 4.90 Å². The molecule has 0 heterocycles. The number of rotatable bonds is 12. The molecule has 0 bridgehead atoms. The van der Waals surface area contributed by atoms with Crippen molar-refractivity contribution in [2.24, 2.45) is 0 Å². The van der Waals surface area contributed by atoms with Gasteiger partial charge in [0, 0.05) is 12.6 Å². The second kappa shape index (κ2) is 12.6. The zero-order chi connectivity index (χ0) is 25.3. The largest absolute Gasteiger partial charge is 0.352 e. The molecular weight excluding hydrogens is 450 g/mol. The van der Waals surface area contributed by atoms with Gasteiger partial charge in [-0.1, -0.05) is 62.4 Å². The Morgan fingerprint density at radius 1 is 0.971 bits per heavy atom. The molecule has 0 unspecified atom stereocenters. The quantitative estimate of drug-likeness (QED) is 0.497. The summed E-state index contributed by atoms with van der Waals surface area (Å²) < 4.78 is 26.5. The lowest BCUT2D eigenvalue weighted by atomic mass is 10.1. The molecule has 2 aromatic carbocycles. The first-order valence-electron chi connectivity index (χ1n) is 11.8. The number of hydrogen-bond donors (Lipinski definition) is 1. The van der Waals surface area contributed by atoms with Crippen molar-refractivity contribution in [2.75, 3.05) is 23.7 Å². The first-order valence-corrected chi connectivity index (χ1v) is 13.6. The van der Waals surface area contributed by atoms with Gasteiger partial charge in [0.15, 0.2) is 0 Å². The Kier molecular flexibility index (Phi) is 10.1. The summed E-state index contributed by atoms with van der Waals surface area (Å²) in [7, 11) is -3.73. The van der Waals surface area contributed by atoms with Crippen LogP contribution in [0.25, 0.3) is 0 Å². The number of amides is 2. The van der Waals surface area contributed by atoms with Crippen molar-refractivity contribution >= 4 is 27.5 Å². The van der Waals surface area contributed by atoms with Crippen LogP contribution < -0.4 is 9.62 Å². The van der Waals surface area contributed by atoms with Gasteiger partial charge >= 0.3 is 0 Å². The topological polar surface area (TPSA) is 86.8 Å².